The van der Waals surface area contributed by atoms with Crippen molar-refractivity contribution in [3.8, 4) is 0 Å². The number of aliphatic hydroxyl groups excluding tert-OH is 1. The van der Waals surface area contributed by atoms with Gasteiger partial charge in [-0.1, -0.05) is 40.9 Å². The highest BCUT2D eigenvalue weighted by Crippen LogP contribution is 2.30. The molecule has 0 aliphatic carbocycles. The molecule has 94 valence electrons. The zero-order chi connectivity index (χ0) is 13.3. The minimum Gasteiger partial charge on any atom is -0.384 e. The largest absolute Gasteiger partial charge is 0.384 e. The number of aliphatic hydroxyl groups is 1. The van der Waals surface area contributed by atoms with Gasteiger partial charge in [0.05, 0.1) is 10.0 Å². The van der Waals surface area contributed by atoms with Crippen molar-refractivity contribution in [1.82, 2.24) is 0 Å². The van der Waals surface area contributed by atoms with Crippen LogP contribution in [0.1, 0.15) is 17.2 Å². The summed E-state index contributed by atoms with van der Waals surface area (Å²) in [5.41, 5.74) is 0.879. The molecule has 5 heteroatoms. The number of hydrogen-bond donors (Lipinski definition) is 1. The molecule has 0 amide bonds. The third-order valence-corrected chi connectivity index (χ3v) is 3.42. The van der Waals surface area contributed by atoms with Crippen LogP contribution in [0.25, 0.3) is 0 Å². The minimum absolute atomic E-state index is 0.226. The van der Waals surface area contributed by atoms with E-state index in [0.717, 1.165) is 0 Å². The molecule has 2 rings (SSSR count). The summed E-state index contributed by atoms with van der Waals surface area (Å²) < 4.78 is 13.2. The molecule has 0 heterocycles. The van der Waals surface area contributed by atoms with Crippen molar-refractivity contribution in [2.45, 2.75) is 6.10 Å². The quantitative estimate of drug-likeness (QED) is 0.839. The van der Waals surface area contributed by atoms with Gasteiger partial charge in [0.2, 0.25) is 0 Å². The lowest BCUT2D eigenvalue weighted by Gasteiger charge is -2.12. The summed E-state index contributed by atoms with van der Waals surface area (Å²) in [4.78, 5) is 0. The smallest absolute Gasteiger partial charge is 0.125 e. The van der Waals surface area contributed by atoms with Crippen molar-refractivity contribution in [1.29, 1.82) is 0 Å². The molecular weight excluding hydrogens is 297 g/mol. The fraction of sp³-hybridized carbons (Fsp3) is 0.0769. The zero-order valence-corrected chi connectivity index (χ0v) is 11.3. The molecule has 1 N–H and O–H groups in total. The summed E-state index contributed by atoms with van der Waals surface area (Å²) in [6.45, 7) is 0. The maximum Gasteiger partial charge on any atom is 0.125 e. The Bertz CT molecular complexity index is 566. The zero-order valence-electron chi connectivity index (χ0n) is 9.00. The lowest BCUT2D eigenvalue weighted by molar-refractivity contribution is 0.220. The minimum atomic E-state index is -1.01. The topological polar surface area (TPSA) is 20.2 Å². The van der Waals surface area contributed by atoms with E-state index in [9.17, 15) is 9.50 Å². The third-order valence-electron chi connectivity index (χ3n) is 2.46. The second-order valence-electron chi connectivity index (χ2n) is 3.78. The predicted molar refractivity (Wildman–Crippen MR) is 71.9 cm³/mol. The third kappa shape index (κ3) is 2.96. The van der Waals surface area contributed by atoms with Crippen molar-refractivity contribution in [2.75, 3.05) is 0 Å². The Kier molecular flexibility index (Phi) is 4.13. The van der Waals surface area contributed by atoms with Crippen molar-refractivity contribution < 1.29 is 9.50 Å². The first-order valence-corrected chi connectivity index (χ1v) is 6.20. The summed E-state index contributed by atoms with van der Waals surface area (Å²) in [6.07, 6.45) is -1.01. The Hall–Kier alpha value is -0.800. The van der Waals surface area contributed by atoms with Gasteiger partial charge in [0.1, 0.15) is 11.9 Å². The normalized spacial score (nSPS) is 12.5. The van der Waals surface area contributed by atoms with E-state index in [2.05, 4.69) is 0 Å². The SMILES string of the molecule is OC(c1cc(F)cc(Cl)c1)c1ccc(Cl)c(Cl)c1. The van der Waals surface area contributed by atoms with E-state index < -0.39 is 11.9 Å². The monoisotopic (exact) mass is 304 g/mol. The lowest BCUT2D eigenvalue weighted by atomic mass is 10.0. The van der Waals surface area contributed by atoms with Gasteiger partial charge in [-0.25, -0.2) is 4.39 Å². The molecular formula is C13H8Cl3FO. The van der Waals surface area contributed by atoms with E-state index >= 15 is 0 Å². The molecule has 1 atom stereocenters. The van der Waals surface area contributed by atoms with Crippen LogP contribution in [0, 0.1) is 5.82 Å². The first-order valence-electron chi connectivity index (χ1n) is 5.06. The summed E-state index contributed by atoms with van der Waals surface area (Å²) in [7, 11) is 0. The average Bonchev–Trinajstić information content (AvgIpc) is 2.30. The maximum absolute atomic E-state index is 13.2. The predicted octanol–water partition coefficient (Wildman–Crippen LogP) is 4.87. The number of hydrogen-bond acceptors (Lipinski definition) is 1. The summed E-state index contributed by atoms with van der Waals surface area (Å²) >= 11 is 17.4. The van der Waals surface area contributed by atoms with Gasteiger partial charge in [0.25, 0.3) is 0 Å². The van der Waals surface area contributed by atoms with Gasteiger partial charge >= 0.3 is 0 Å². The molecule has 0 aliphatic heterocycles. The van der Waals surface area contributed by atoms with Crippen LogP contribution in [-0.4, -0.2) is 5.11 Å². The van der Waals surface area contributed by atoms with Crippen LogP contribution in [-0.2, 0) is 0 Å². The molecule has 0 saturated carbocycles. The Morgan fingerprint density at radius 3 is 2.22 bits per heavy atom. The highest BCUT2D eigenvalue weighted by Gasteiger charge is 2.13. The summed E-state index contributed by atoms with van der Waals surface area (Å²) in [5.74, 6) is -0.503. The van der Waals surface area contributed by atoms with Crippen molar-refractivity contribution in [3.63, 3.8) is 0 Å². The van der Waals surface area contributed by atoms with Gasteiger partial charge in [-0.15, -0.1) is 0 Å². The van der Waals surface area contributed by atoms with Gasteiger partial charge < -0.3 is 5.11 Å². The number of halogens is 4. The van der Waals surface area contributed by atoms with Gasteiger partial charge in [-0.2, -0.15) is 0 Å². The van der Waals surface area contributed by atoms with Crippen LogP contribution in [0.2, 0.25) is 15.1 Å². The van der Waals surface area contributed by atoms with E-state index in [1.165, 1.54) is 24.3 Å². The van der Waals surface area contributed by atoms with Crippen molar-refractivity contribution in [3.05, 3.63) is 68.4 Å². The van der Waals surface area contributed by atoms with E-state index in [1.54, 1.807) is 12.1 Å². The van der Waals surface area contributed by atoms with Gasteiger partial charge in [0.15, 0.2) is 0 Å². The molecule has 2 aromatic carbocycles. The second-order valence-corrected chi connectivity index (χ2v) is 5.03. The molecule has 0 bridgehead atoms. The van der Waals surface area contributed by atoms with Crippen LogP contribution in [0.5, 0.6) is 0 Å². The molecule has 0 spiro atoms. The molecule has 1 nitrogen and oxygen atoms in total. The van der Waals surface area contributed by atoms with Gasteiger partial charge in [-0.3, -0.25) is 0 Å². The second kappa shape index (κ2) is 5.45. The first kappa shape index (κ1) is 13.6. The fourth-order valence-corrected chi connectivity index (χ4v) is 2.14. The number of benzene rings is 2. The van der Waals surface area contributed by atoms with Crippen LogP contribution >= 0.6 is 34.8 Å². The Morgan fingerprint density at radius 2 is 1.61 bits per heavy atom. The van der Waals surface area contributed by atoms with Crippen LogP contribution in [0.3, 0.4) is 0 Å². The molecule has 0 saturated heterocycles. The van der Waals surface area contributed by atoms with Crippen molar-refractivity contribution in [2.24, 2.45) is 0 Å². The van der Waals surface area contributed by atoms with E-state index in [1.807, 2.05) is 0 Å². The standard InChI is InChI=1S/C13H8Cl3FO/c14-9-3-8(4-10(17)6-9)13(18)7-1-2-11(15)12(16)5-7/h1-6,13,18H. The molecule has 0 aliphatic rings. The fourth-order valence-electron chi connectivity index (χ4n) is 1.61. The van der Waals surface area contributed by atoms with Gasteiger partial charge in [0, 0.05) is 5.02 Å². The molecule has 1 unspecified atom stereocenters. The lowest BCUT2D eigenvalue weighted by Crippen LogP contribution is -2.00. The maximum atomic E-state index is 13.2. The first-order chi connectivity index (χ1) is 8.47. The summed E-state index contributed by atoms with van der Waals surface area (Å²) in [6, 6.07) is 8.62. The molecule has 0 aromatic heterocycles. The highest BCUT2D eigenvalue weighted by molar-refractivity contribution is 6.42. The van der Waals surface area contributed by atoms with E-state index in [4.69, 9.17) is 34.8 Å². The Balaban J connectivity index is 2.40. The van der Waals surface area contributed by atoms with Crippen LogP contribution in [0.4, 0.5) is 4.39 Å². The van der Waals surface area contributed by atoms with Crippen molar-refractivity contribution >= 4 is 34.8 Å². The molecule has 0 fully saturated rings. The van der Waals surface area contributed by atoms with Gasteiger partial charge in [-0.05, 0) is 41.5 Å². The van der Waals surface area contributed by atoms with Crippen LogP contribution in [0.15, 0.2) is 36.4 Å². The average molecular weight is 306 g/mol. The summed E-state index contributed by atoms with van der Waals surface area (Å²) in [5, 5.41) is 11.1. The Labute approximate surface area is 119 Å². The van der Waals surface area contributed by atoms with E-state index in [0.29, 0.717) is 21.2 Å². The molecule has 2 aromatic rings. The number of rotatable bonds is 2. The van der Waals surface area contributed by atoms with E-state index in [-0.39, 0.29) is 5.02 Å². The highest BCUT2D eigenvalue weighted by atomic mass is 35.5. The van der Waals surface area contributed by atoms with Crippen LogP contribution < -0.4 is 0 Å². The Morgan fingerprint density at radius 1 is 0.889 bits per heavy atom. The molecule has 18 heavy (non-hydrogen) atoms. The molecule has 0 radical (unpaired) electrons.